The van der Waals surface area contributed by atoms with Crippen LogP contribution in [0.1, 0.15) is 28.4 Å². The highest BCUT2D eigenvalue weighted by molar-refractivity contribution is 5.94. The third-order valence-corrected chi connectivity index (χ3v) is 3.91. The Morgan fingerprint density at radius 1 is 1.43 bits per heavy atom. The number of hydrogen-bond acceptors (Lipinski definition) is 3. The Morgan fingerprint density at radius 3 is 2.95 bits per heavy atom. The third kappa shape index (κ3) is 2.49. The Kier molecular flexibility index (Phi) is 3.37. The zero-order chi connectivity index (χ0) is 15.0. The summed E-state index contributed by atoms with van der Waals surface area (Å²) < 4.78 is 3.34. The van der Waals surface area contributed by atoms with Gasteiger partial charge in [0, 0.05) is 32.5 Å². The van der Waals surface area contributed by atoms with Crippen LogP contribution in [0.5, 0.6) is 0 Å². The van der Waals surface area contributed by atoms with Gasteiger partial charge in [-0.15, -0.1) is 0 Å². The predicted octanol–water partition coefficient (Wildman–Crippen LogP) is 0.977. The van der Waals surface area contributed by atoms with Crippen LogP contribution >= 0.6 is 0 Å². The Balaban J connectivity index is 1.78. The van der Waals surface area contributed by atoms with Crippen LogP contribution in [0.2, 0.25) is 0 Å². The van der Waals surface area contributed by atoms with Crippen molar-refractivity contribution in [2.24, 2.45) is 7.05 Å². The number of hydrogen-bond donors (Lipinski definition) is 0. The SMILES string of the molecule is Cc1cnn(C2CCN(C(=O)c3cccn(C)c3=O)C2)c1. The smallest absolute Gasteiger partial charge is 0.263 e. The largest absolute Gasteiger partial charge is 0.336 e. The topological polar surface area (TPSA) is 60.1 Å². The van der Waals surface area contributed by atoms with Gasteiger partial charge in [0.25, 0.3) is 11.5 Å². The van der Waals surface area contributed by atoms with Gasteiger partial charge in [-0.25, -0.2) is 0 Å². The molecule has 0 aliphatic carbocycles. The first-order valence-corrected chi connectivity index (χ1v) is 7.02. The number of carbonyl (C=O) groups is 1. The number of pyridine rings is 1. The molecule has 0 N–H and O–H groups in total. The van der Waals surface area contributed by atoms with Crippen molar-refractivity contribution in [3.8, 4) is 0 Å². The van der Waals surface area contributed by atoms with Gasteiger partial charge < -0.3 is 9.47 Å². The van der Waals surface area contributed by atoms with Crippen molar-refractivity contribution in [2.45, 2.75) is 19.4 Å². The molecule has 2 aromatic rings. The first-order valence-electron chi connectivity index (χ1n) is 7.02. The monoisotopic (exact) mass is 286 g/mol. The van der Waals surface area contributed by atoms with E-state index in [0.29, 0.717) is 13.1 Å². The highest BCUT2D eigenvalue weighted by Crippen LogP contribution is 2.22. The fourth-order valence-electron chi connectivity index (χ4n) is 2.71. The quantitative estimate of drug-likeness (QED) is 0.827. The zero-order valence-corrected chi connectivity index (χ0v) is 12.2. The zero-order valence-electron chi connectivity index (χ0n) is 12.2. The second-order valence-electron chi connectivity index (χ2n) is 5.53. The fourth-order valence-corrected chi connectivity index (χ4v) is 2.71. The molecule has 0 spiro atoms. The van der Waals surface area contributed by atoms with Gasteiger partial charge >= 0.3 is 0 Å². The minimum absolute atomic E-state index is 0.190. The molecular formula is C15H18N4O2. The molecule has 1 amide bonds. The third-order valence-electron chi connectivity index (χ3n) is 3.91. The maximum atomic E-state index is 12.5. The van der Waals surface area contributed by atoms with E-state index in [-0.39, 0.29) is 23.1 Å². The summed E-state index contributed by atoms with van der Waals surface area (Å²) in [7, 11) is 1.65. The Labute approximate surface area is 122 Å². The maximum absolute atomic E-state index is 12.5. The lowest BCUT2D eigenvalue weighted by molar-refractivity contribution is 0.0784. The molecule has 0 saturated carbocycles. The standard InChI is InChI=1S/C15H18N4O2/c1-11-8-16-19(9-11)12-5-7-18(10-12)15(21)13-4-3-6-17(2)14(13)20/h3-4,6,8-9,12H,5,7,10H2,1-2H3. The molecule has 1 aliphatic rings. The Morgan fingerprint density at radius 2 is 2.24 bits per heavy atom. The van der Waals surface area contributed by atoms with Gasteiger partial charge in [0.1, 0.15) is 5.56 Å². The molecular weight excluding hydrogens is 268 g/mol. The van der Waals surface area contributed by atoms with E-state index in [1.165, 1.54) is 4.57 Å². The van der Waals surface area contributed by atoms with E-state index >= 15 is 0 Å². The van der Waals surface area contributed by atoms with E-state index < -0.39 is 0 Å². The normalized spacial score (nSPS) is 18.2. The lowest BCUT2D eigenvalue weighted by atomic mass is 10.2. The van der Waals surface area contributed by atoms with Crippen LogP contribution in [-0.4, -0.2) is 38.2 Å². The van der Waals surface area contributed by atoms with Crippen LogP contribution in [0.25, 0.3) is 0 Å². The second kappa shape index (κ2) is 5.20. The minimum atomic E-state index is -0.249. The van der Waals surface area contributed by atoms with E-state index in [0.717, 1.165) is 12.0 Å². The van der Waals surface area contributed by atoms with Crippen molar-refractivity contribution < 1.29 is 4.79 Å². The summed E-state index contributed by atoms with van der Waals surface area (Å²) in [5, 5.41) is 4.31. The van der Waals surface area contributed by atoms with Crippen molar-refractivity contribution in [3.05, 3.63) is 52.2 Å². The summed E-state index contributed by atoms with van der Waals surface area (Å²) in [5.74, 6) is -0.192. The number of aromatic nitrogens is 3. The van der Waals surface area contributed by atoms with Gasteiger partial charge in [0.05, 0.1) is 12.2 Å². The molecule has 110 valence electrons. The summed E-state index contributed by atoms with van der Waals surface area (Å²) in [5.41, 5.74) is 1.09. The number of rotatable bonds is 2. The van der Waals surface area contributed by atoms with Gasteiger partial charge in [-0.1, -0.05) is 0 Å². The van der Waals surface area contributed by atoms with Crippen LogP contribution in [0.15, 0.2) is 35.5 Å². The lowest BCUT2D eigenvalue weighted by Crippen LogP contribution is -2.34. The van der Waals surface area contributed by atoms with Crippen molar-refractivity contribution in [1.29, 1.82) is 0 Å². The molecule has 1 atom stereocenters. The number of aryl methyl sites for hydroxylation is 2. The molecule has 1 fully saturated rings. The van der Waals surface area contributed by atoms with Crippen LogP contribution in [0.3, 0.4) is 0 Å². The van der Waals surface area contributed by atoms with Crippen molar-refractivity contribution in [3.63, 3.8) is 0 Å². The molecule has 3 heterocycles. The van der Waals surface area contributed by atoms with Crippen LogP contribution in [0, 0.1) is 6.92 Å². The average Bonchev–Trinajstić information content (AvgIpc) is 3.09. The lowest BCUT2D eigenvalue weighted by Gasteiger charge is -2.16. The van der Waals surface area contributed by atoms with Gasteiger partial charge in [-0.3, -0.25) is 14.3 Å². The van der Waals surface area contributed by atoms with Crippen LogP contribution in [0.4, 0.5) is 0 Å². The summed E-state index contributed by atoms with van der Waals surface area (Å²) in [6, 6.07) is 3.50. The van der Waals surface area contributed by atoms with Crippen LogP contribution in [-0.2, 0) is 7.05 Å². The fraction of sp³-hybridized carbons (Fsp3) is 0.400. The first-order chi connectivity index (χ1) is 10.1. The van der Waals surface area contributed by atoms with Gasteiger partial charge in [-0.2, -0.15) is 5.10 Å². The van der Waals surface area contributed by atoms with Crippen molar-refractivity contribution >= 4 is 5.91 Å². The molecule has 1 unspecified atom stereocenters. The number of carbonyl (C=O) groups excluding carboxylic acids is 1. The van der Waals surface area contributed by atoms with E-state index in [2.05, 4.69) is 5.10 Å². The van der Waals surface area contributed by atoms with Gasteiger partial charge in [0.15, 0.2) is 0 Å². The average molecular weight is 286 g/mol. The molecule has 6 heteroatoms. The Bertz CT molecular complexity index is 731. The van der Waals surface area contributed by atoms with Crippen molar-refractivity contribution in [2.75, 3.05) is 13.1 Å². The molecule has 21 heavy (non-hydrogen) atoms. The van der Waals surface area contributed by atoms with Crippen LogP contribution < -0.4 is 5.56 Å². The van der Waals surface area contributed by atoms with E-state index in [1.54, 1.807) is 30.3 Å². The molecule has 1 saturated heterocycles. The number of amides is 1. The van der Waals surface area contributed by atoms with Gasteiger partial charge in [-0.05, 0) is 31.0 Å². The Hall–Kier alpha value is -2.37. The number of nitrogens with zero attached hydrogens (tertiary/aromatic N) is 4. The first kappa shape index (κ1) is 13.6. The minimum Gasteiger partial charge on any atom is -0.336 e. The highest BCUT2D eigenvalue weighted by Gasteiger charge is 2.29. The highest BCUT2D eigenvalue weighted by atomic mass is 16.2. The predicted molar refractivity (Wildman–Crippen MR) is 78.2 cm³/mol. The van der Waals surface area contributed by atoms with E-state index in [4.69, 9.17) is 0 Å². The number of likely N-dealkylation sites (tertiary alicyclic amines) is 1. The second-order valence-corrected chi connectivity index (χ2v) is 5.53. The van der Waals surface area contributed by atoms with E-state index in [1.807, 2.05) is 24.0 Å². The summed E-state index contributed by atoms with van der Waals surface area (Å²) in [6.45, 7) is 3.24. The molecule has 0 radical (unpaired) electrons. The maximum Gasteiger partial charge on any atom is 0.263 e. The van der Waals surface area contributed by atoms with Gasteiger partial charge in [0.2, 0.25) is 0 Å². The van der Waals surface area contributed by atoms with Crippen molar-refractivity contribution in [1.82, 2.24) is 19.2 Å². The summed E-state index contributed by atoms with van der Waals surface area (Å²) >= 11 is 0. The molecule has 0 bridgehead atoms. The molecule has 0 aromatic carbocycles. The molecule has 3 rings (SSSR count). The summed E-state index contributed by atoms with van der Waals surface area (Å²) in [4.78, 5) is 26.2. The molecule has 2 aromatic heterocycles. The van der Waals surface area contributed by atoms with E-state index in [9.17, 15) is 9.59 Å². The molecule has 1 aliphatic heterocycles. The summed E-state index contributed by atoms with van der Waals surface area (Å²) in [6.07, 6.45) is 6.32. The molecule has 6 nitrogen and oxygen atoms in total.